The number of halogens is 3. The molecule has 0 amide bonds. The van der Waals surface area contributed by atoms with Crippen LogP contribution in [-0.4, -0.2) is 35.1 Å². The van der Waals surface area contributed by atoms with Crippen molar-refractivity contribution in [1.29, 1.82) is 0 Å². The molecule has 0 spiro atoms. The number of hydrogen-bond acceptors (Lipinski definition) is 3. The number of aldehydes is 1. The van der Waals surface area contributed by atoms with E-state index < -0.39 is 45.7 Å². The first kappa shape index (κ1) is 19.9. The largest absolute Gasteiger partial charge is 0.295 e. The second-order valence-corrected chi connectivity index (χ2v) is 10.2. The Bertz CT molecular complexity index is 823. The van der Waals surface area contributed by atoms with Gasteiger partial charge in [-0.25, -0.2) is 8.78 Å². The molecule has 0 aliphatic heterocycles. The number of fused-ring (bicyclic) bond motifs is 5. The van der Waals surface area contributed by atoms with Gasteiger partial charge < -0.3 is 0 Å². The minimum Gasteiger partial charge on any atom is -0.295 e. The fraction of sp³-hybridized carbons (Fsp3) is 0.682. The Labute approximate surface area is 168 Å². The van der Waals surface area contributed by atoms with Gasteiger partial charge in [-0.2, -0.15) is 0 Å². The summed E-state index contributed by atoms with van der Waals surface area (Å²) in [6.45, 7) is 5.48. The van der Waals surface area contributed by atoms with Crippen LogP contribution in [0.1, 0.15) is 40.0 Å². The fourth-order valence-electron chi connectivity index (χ4n) is 7.18. The maximum Gasteiger partial charge on any atom is 0.199 e. The SMILES string of the molecule is CC1C[C@H]2[C@@H]3CC(F)C4=CC(=O)C=C[C@]4(C)[C@@]3(Cl)C(F)C[C@]2(C)[C@H]1C(=O)C=O. The lowest BCUT2D eigenvalue weighted by molar-refractivity contribution is -0.140. The van der Waals surface area contributed by atoms with Crippen LogP contribution in [0.5, 0.6) is 0 Å². The number of Topliss-reactive ketones (excluding diaryl/α,β-unsaturated/α-hetero) is 1. The van der Waals surface area contributed by atoms with Crippen molar-refractivity contribution in [3.63, 3.8) is 0 Å². The zero-order valence-electron chi connectivity index (χ0n) is 16.3. The lowest BCUT2D eigenvalue weighted by atomic mass is 9.46. The van der Waals surface area contributed by atoms with Crippen molar-refractivity contribution in [3.05, 3.63) is 23.8 Å². The van der Waals surface area contributed by atoms with E-state index in [1.165, 1.54) is 12.2 Å². The molecule has 0 aromatic carbocycles. The van der Waals surface area contributed by atoms with Crippen molar-refractivity contribution in [2.75, 3.05) is 0 Å². The van der Waals surface area contributed by atoms with Gasteiger partial charge in [-0.15, -0.1) is 11.6 Å². The van der Waals surface area contributed by atoms with E-state index in [9.17, 15) is 14.4 Å². The summed E-state index contributed by atoms with van der Waals surface area (Å²) < 4.78 is 31.1. The van der Waals surface area contributed by atoms with Crippen molar-refractivity contribution in [2.45, 2.75) is 57.3 Å². The highest BCUT2D eigenvalue weighted by Gasteiger charge is 2.72. The molecule has 0 N–H and O–H groups in total. The van der Waals surface area contributed by atoms with E-state index >= 15 is 8.78 Å². The van der Waals surface area contributed by atoms with Gasteiger partial charge in [-0.1, -0.05) is 26.8 Å². The molecule has 0 aromatic heterocycles. The number of hydrogen-bond donors (Lipinski definition) is 0. The molecular weight excluding hydrogens is 386 g/mol. The van der Waals surface area contributed by atoms with Crippen LogP contribution in [-0.2, 0) is 14.4 Å². The first-order valence-electron chi connectivity index (χ1n) is 9.92. The van der Waals surface area contributed by atoms with Crippen molar-refractivity contribution in [3.8, 4) is 0 Å². The summed E-state index contributed by atoms with van der Waals surface area (Å²) in [5, 5.41) is 0. The zero-order chi connectivity index (χ0) is 20.6. The van der Waals surface area contributed by atoms with Crippen LogP contribution in [0, 0.1) is 34.5 Å². The molecular formula is C22H25ClF2O3. The molecule has 3 nitrogen and oxygen atoms in total. The number of carbonyl (C=O) groups is 3. The van der Waals surface area contributed by atoms with Crippen LogP contribution in [0.15, 0.2) is 23.8 Å². The number of rotatable bonds is 2. The molecule has 0 saturated heterocycles. The Hall–Kier alpha value is -1.36. The molecule has 152 valence electrons. The van der Waals surface area contributed by atoms with E-state index in [4.69, 9.17) is 11.6 Å². The summed E-state index contributed by atoms with van der Waals surface area (Å²) >= 11 is 7.09. The highest BCUT2D eigenvalue weighted by molar-refractivity contribution is 6.27. The normalized spacial score (nSPS) is 52.4. The molecule has 0 bridgehead atoms. The summed E-state index contributed by atoms with van der Waals surface area (Å²) in [5.74, 6) is -2.13. The second kappa shape index (κ2) is 6.07. The molecule has 3 saturated carbocycles. The minimum atomic E-state index is -1.49. The van der Waals surface area contributed by atoms with E-state index in [2.05, 4.69) is 0 Å². The van der Waals surface area contributed by atoms with E-state index in [1.54, 1.807) is 13.0 Å². The zero-order valence-corrected chi connectivity index (χ0v) is 17.0. The summed E-state index contributed by atoms with van der Waals surface area (Å²) in [6, 6.07) is 0. The molecule has 0 aromatic rings. The van der Waals surface area contributed by atoms with Gasteiger partial charge in [0.15, 0.2) is 17.9 Å². The van der Waals surface area contributed by atoms with Crippen molar-refractivity contribution in [2.24, 2.45) is 34.5 Å². The predicted octanol–water partition coefficient (Wildman–Crippen LogP) is 4.18. The molecule has 0 heterocycles. The monoisotopic (exact) mass is 410 g/mol. The van der Waals surface area contributed by atoms with Crippen LogP contribution in [0.2, 0.25) is 0 Å². The molecule has 4 aliphatic carbocycles. The predicted molar refractivity (Wildman–Crippen MR) is 101 cm³/mol. The van der Waals surface area contributed by atoms with Gasteiger partial charge in [0.2, 0.25) is 0 Å². The molecule has 0 radical (unpaired) electrons. The van der Waals surface area contributed by atoms with Gasteiger partial charge in [0.05, 0.1) is 4.87 Å². The number of allylic oxidation sites excluding steroid dienone is 4. The van der Waals surface area contributed by atoms with Gasteiger partial charge in [-0.05, 0) is 60.2 Å². The minimum absolute atomic E-state index is 0.0292. The summed E-state index contributed by atoms with van der Waals surface area (Å²) in [5.41, 5.74) is -1.59. The molecule has 3 fully saturated rings. The quantitative estimate of drug-likeness (QED) is 0.390. The first-order chi connectivity index (χ1) is 13.0. The van der Waals surface area contributed by atoms with Crippen LogP contribution >= 0.6 is 11.6 Å². The third-order valence-electron chi connectivity index (χ3n) is 8.35. The highest BCUT2D eigenvalue weighted by Crippen LogP contribution is 2.71. The molecule has 4 aliphatic rings. The fourth-order valence-corrected chi connectivity index (χ4v) is 7.67. The third kappa shape index (κ3) is 2.23. The van der Waals surface area contributed by atoms with E-state index in [-0.39, 0.29) is 36.0 Å². The summed E-state index contributed by atoms with van der Waals surface area (Å²) in [7, 11) is 0. The number of carbonyl (C=O) groups excluding carboxylic acids is 3. The maximum atomic E-state index is 15.9. The Morgan fingerprint density at radius 2 is 1.93 bits per heavy atom. The van der Waals surface area contributed by atoms with Gasteiger partial charge >= 0.3 is 0 Å². The van der Waals surface area contributed by atoms with Crippen LogP contribution in [0.4, 0.5) is 8.78 Å². The average molecular weight is 411 g/mol. The highest BCUT2D eigenvalue weighted by atomic mass is 35.5. The van der Waals surface area contributed by atoms with Gasteiger partial charge in [0.25, 0.3) is 0 Å². The number of ketones is 2. The lowest BCUT2D eigenvalue weighted by Crippen LogP contribution is -2.66. The Kier molecular flexibility index (Phi) is 4.32. The number of alkyl halides is 3. The first-order valence-corrected chi connectivity index (χ1v) is 10.3. The average Bonchev–Trinajstić information content (AvgIpc) is 2.89. The van der Waals surface area contributed by atoms with Gasteiger partial charge in [-0.3, -0.25) is 14.4 Å². The smallest absolute Gasteiger partial charge is 0.199 e. The Morgan fingerprint density at radius 1 is 1.25 bits per heavy atom. The van der Waals surface area contributed by atoms with Crippen molar-refractivity contribution >= 4 is 29.5 Å². The maximum absolute atomic E-state index is 15.9. The lowest BCUT2D eigenvalue weighted by Gasteiger charge is -2.63. The summed E-state index contributed by atoms with van der Waals surface area (Å²) in [6.07, 6.45) is 2.32. The Morgan fingerprint density at radius 3 is 2.57 bits per heavy atom. The standard InChI is InChI=1S/C22H25ClF2O3/c1-11-6-13-14-8-16(24)15-7-12(27)4-5-21(15,3)22(14,23)18(25)9-20(13,2)19(11)17(28)10-26/h4-5,7,10-11,13-14,16,18-19H,6,8-9H2,1-3H3/t11?,13-,14-,16?,18?,19+,20-,21-,22-/m0/s1. The third-order valence-corrected chi connectivity index (χ3v) is 9.26. The molecule has 3 unspecified atom stereocenters. The Balaban J connectivity index is 1.85. The molecule has 9 atom stereocenters. The van der Waals surface area contributed by atoms with Crippen molar-refractivity contribution in [1.82, 2.24) is 0 Å². The van der Waals surface area contributed by atoms with Crippen molar-refractivity contribution < 1.29 is 23.2 Å². The van der Waals surface area contributed by atoms with Crippen LogP contribution in [0.3, 0.4) is 0 Å². The van der Waals surface area contributed by atoms with E-state index in [0.717, 1.165) is 0 Å². The van der Waals surface area contributed by atoms with Gasteiger partial charge in [0.1, 0.15) is 12.3 Å². The second-order valence-electron chi connectivity index (χ2n) is 9.61. The molecule has 4 rings (SSSR count). The van der Waals surface area contributed by atoms with E-state index in [0.29, 0.717) is 12.7 Å². The topological polar surface area (TPSA) is 51.2 Å². The molecule has 6 heteroatoms. The van der Waals surface area contributed by atoms with Gasteiger partial charge in [0, 0.05) is 11.3 Å². The summed E-state index contributed by atoms with van der Waals surface area (Å²) in [4.78, 5) is 34.0. The molecule has 28 heavy (non-hydrogen) atoms. The van der Waals surface area contributed by atoms with E-state index in [1.807, 2.05) is 13.8 Å². The van der Waals surface area contributed by atoms with Crippen LogP contribution < -0.4 is 0 Å². The van der Waals surface area contributed by atoms with Crippen LogP contribution in [0.25, 0.3) is 0 Å².